The number of nitrogens with zero attached hydrogens (tertiary/aromatic N) is 1. The summed E-state index contributed by atoms with van der Waals surface area (Å²) in [7, 11) is 0. The topological polar surface area (TPSA) is 78.9 Å². The molecule has 4 aromatic carbocycles. The van der Waals surface area contributed by atoms with Gasteiger partial charge in [0.15, 0.2) is 0 Å². The van der Waals surface area contributed by atoms with E-state index in [0.717, 1.165) is 22.3 Å². The van der Waals surface area contributed by atoms with E-state index in [1.54, 1.807) is 29.2 Å². The fourth-order valence-electron chi connectivity index (χ4n) is 7.52. The maximum Gasteiger partial charge on any atom is 0.408 e. The van der Waals surface area contributed by atoms with Gasteiger partial charge < -0.3 is 15.2 Å². The minimum absolute atomic E-state index is 0.120. The second-order valence-corrected chi connectivity index (χ2v) is 14.4. The van der Waals surface area contributed by atoms with Crippen LogP contribution in [0.15, 0.2) is 91.0 Å². The van der Waals surface area contributed by atoms with E-state index in [4.69, 9.17) is 27.9 Å². The molecule has 1 fully saturated rings. The minimum atomic E-state index is -1.11. The summed E-state index contributed by atoms with van der Waals surface area (Å²) < 4.78 is 21.5. The molecule has 1 aliphatic carbocycles. The number of aliphatic carboxylic acids is 1. The van der Waals surface area contributed by atoms with E-state index in [-0.39, 0.29) is 24.6 Å². The van der Waals surface area contributed by atoms with Gasteiger partial charge in [0.2, 0.25) is 0 Å². The molecule has 0 spiro atoms. The average Bonchev–Trinajstić information content (AvgIpc) is 3.51. The van der Waals surface area contributed by atoms with E-state index in [2.05, 4.69) is 38.2 Å². The molecular weight excluding hydrogens is 638 g/mol. The van der Waals surface area contributed by atoms with Gasteiger partial charge >= 0.3 is 12.1 Å². The molecule has 4 atom stereocenters. The first-order valence-electron chi connectivity index (χ1n) is 15.7. The van der Waals surface area contributed by atoms with Crippen LogP contribution in [0.1, 0.15) is 67.2 Å². The molecule has 4 unspecified atom stereocenters. The zero-order chi connectivity index (χ0) is 33.5. The van der Waals surface area contributed by atoms with Crippen molar-refractivity contribution in [3.63, 3.8) is 0 Å². The number of rotatable bonds is 8. The Morgan fingerprint density at radius 1 is 0.851 bits per heavy atom. The quantitative estimate of drug-likeness (QED) is 0.195. The van der Waals surface area contributed by atoms with Gasteiger partial charge in [0.25, 0.3) is 0 Å². The number of carboxylic acid groups (broad SMARTS) is 1. The van der Waals surface area contributed by atoms with Crippen LogP contribution in [-0.2, 0) is 9.53 Å². The summed E-state index contributed by atoms with van der Waals surface area (Å²) in [4.78, 5) is 28.2. The molecule has 9 heteroatoms. The molecular formula is C38H37Cl2FN2O4. The summed E-state index contributed by atoms with van der Waals surface area (Å²) in [6, 6.07) is 26.0. The third-order valence-electron chi connectivity index (χ3n) is 9.30. The maximum absolute atomic E-state index is 15.7. The standard InChI is InChI=1S/C38H37Cl2FN2O4/c1-38(2,3)19-32-34(29-18-24(40)15-16-31(29)41)33(22-9-8-10-23(39)17-22)35(36(44)45)43(32)21-42-37(46)47-20-30-27-13-6-4-11-25(27)26-12-5-7-14-28(26)30/h4-18,30,32-35H,19-21H2,1-3H3,(H,42,46)(H,44,45). The number of ether oxygens (including phenoxy) is 1. The smallest absolute Gasteiger partial charge is 0.408 e. The SMILES string of the molecule is CC(C)(C)CC1C(c2cc(Cl)ccc2F)C(c2cccc(Cl)c2)C(C(=O)O)N1CNC(=O)OCC1c2ccccc2-c2ccccc21. The maximum atomic E-state index is 15.7. The summed E-state index contributed by atoms with van der Waals surface area (Å²) in [6.45, 7) is 6.16. The first kappa shape index (κ1) is 33.0. The Kier molecular flexibility index (Phi) is 9.34. The number of likely N-dealkylation sites (tertiary alicyclic amines) is 1. The molecule has 47 heavy (non-hydrogen) atoms. The van der Waals surface area contributed by atoms with Gasteiger partial charge in [-0.25, -0.2) is 9.18 Å². The van der Waals surface area contributed by atoms with Gasteiger partial charge in [-0.05, 0) is 75.5 Å². The number of halogens is 3. The fourth-order valence-corrected chi connectivity index (χ4v) is 7.90. The van der Waals surface area contributed by atoms with Crippen molar-refractivity contribution >= 4 is 35.3 Å². The van der Waals surface area contributed by atoms with Crippen LogP contribution in [0.4, 0.5) is 9.18 Å². The van der Waals surface area contributed by atoms with Crippen molar-refractivity contribution < 1.29 is 23.8 Å². The Balaban J connectivity index is 1.31. The van der Waals surface area contributed by atoms with Gasteiger partial charge in [0.05, 0.1) is 6.67 Å². The number of fused-ring (bicyclic) bond motifs is 3. The zero-order valence-electron chi connectivity index (χ0n) is 26.4. The van der Waals surface area contributed by atoms with Gasteiger partial charge in [-0.1, -0.05) is 105 Å². The number of alkyl carbamates (subject to hydrolysis) is 1. The van der Waals surface area contributed by atoms with E-state index in [0.29, 0.717) is 27.6 Å². The minimum Gasteiger partial charge on any atom is -0.480 e. The van der Waals surface area contributed by atoms with Gasteiger partial charge in [-0.2, -0.15) is 0 Å². The predicted molar refractivity (Wildman–Crippen MR) is 183 cm³/mol. The van der Waals surface area contributed by atoms with Gasteiger partial charge in [0, 0.05) is 33.8 Å². The molecule has 1 aliphatic heterocycles. The molecule has 2 N–H and O–H groups in total. The lowest BCUT2D eigenvalue weighted by Gasteiger charge is -2.35. The fraction of sp³-hybridized carbons (Fsp3) is 0.316. The molecule has 0 saturated carbocycles. The van der Waals surface area contributed by atoms with E-state index in [9.17, 15) is 14.7 Å². The Morgan fingerprint density at radius 2 is 1.49 bits per heavy atom. The van der Waals surface area contributed by atoms with Gasteiger partial charge in [-0.3, -0.25) is 9.69 Å². The highest BCUT2D eigenvalue weighted by Gasteiger charge is 2.54. The average molecular weight is 676 g/mol. The number of carboxylic acids is 1. The normalized spacial score (nSPS) is 20.9. The Bertz CT molecular complexity index is 1760. The van der Waals surface area contributed by atoms with Crippen LogP contribution >= 0.6 is 23.2 Å². The van der Waals surface area contributed by atoms with Crippen LogP contribution < -0.4 is 5.32 Å². The second-order valence-electron chi connectivity index (χ2n) is 13.6. The summed E-state index contributed by atoms with van der Waals surface area (Å²) >= 11 is 12.8. The monoisotopic (exact) mass is 674 g/mol. The first-order chi connectivity index (χ1) is 22.4. The highest BCUT2D eigenvalue weighted by molar-refractivity contribution is 6.31. The number of amides is 1. The van der Waals surface area contributed by atoms with Gasteiger partial charge in [-0.15, -0.1) is 0 Å². The van der Waals surface area contributed by atoms with Crippen molar-refractivity contribution in [1.29, 1.82) is 0 Å². The first-order valence-corrected chi connectivity index (χ1v) is 16.5. The van der Waals surface area contributed by atoms with Crippen molar-refractivity contribution in [2.75, 3.05) is 13.3 Å². The third-order valence-corrected chi connectivity index (χ3v) is 9.77. The number of benzene rings is 4. The molecule has 0 aromatic heterocycles. The van der Waals surface area contributed by atoms with E-state index in [1.807, 2.05) is 42.5 Å². The second kappa shape index (κ2) is 13.3. The van der Waals surface area contributed by atoms with Gasteiger partial charge in [0.1, 0.15) is 18.5 Å². The predicted octanol–water partition coefficient (Wildman–Crippen LogP) is 9.07. The van der Waals surface area contributed by atoms with E-state index >= 15 is 4.39 Å². The summed E-state index contributed by atoms with van der Waals surface area (Å²) in [6.07, 6.45) is -0.154. The lowest BCUT2D eigenvalue weighted by atomic mass is 9.74. The van der Waals surface area contributed by atoms with Crippen LogP contribution in [0.2, 0.25) is 10.0 Å². The van der Waals surface area contributed by atoms with Crippen molar-refractivity contribution in [3.05, 3.63) is 129 Å². The summed E-state index contributed by atoms with van der Waals surface area (Å²) in [5.74, 6) is -3.00. The van der Waals surface area contributed by atoms with E-state index < -0.39 is 41.8 Å². The van der Waals surface area contributed by atoms with Crippen LogP contribution in [0.5, 0.6) is 0 Å². The Morgan fingerprint density at radius 3 is 2.11 bits per heavy atom. The Labute approximate surface area is 284 Å². The van der Waals surface area contributed by atoms with Crippen LogP contribution in [-0.4, -0.2) is 47.4 Å². The zero-order valence-corrected chi connectivity index (χ0v) is 27.9. The Hall–Kier alpha value is -3.91. The largest absolute Gasteiger partial charge is 0.480 e. The number of hydrogen-bond acceptors (Lipinski definition) is 4. The van der Waals surface area contributed by atoms with Crippen LogP contribution in [0.3, 0.4) is 0 Å². The molecule has 1 heterocycles. The van der Waals surface area contributed by atoms with Crippen molar-refractivity contribution in [2.45, 2.75) is 57.0 Å². The molecule has 1 amide bonds. The molecule has 2 aliphatic rings. The number of carbonyl (C=O) groups excluding carboxylic acids is 1. The van der Waals surface area contributed by atoms with Crippen LogP contribution in [0.25, 0.3) is 11.1 Å². The number of carbonyl (C=O) groups is 2. The molecule has 244 valence electrons. The third kappa shape index (κ3) is 6.75. The summed E-state index contributed by atoms with van der Waals surface area (Å²) in [5, 5.41) is 14.4. The molecule has 6 rings (SSSR count). The number of hydrogen-bond donors (Lipinski definition) is 2. The summed E-state index contributed by atoms with van der Waals surface area (Å²) in [5.41, 5.74) is 5.14. The number of nitrogens with one attached hydrogen (secondary N) is 1. The molecule has 4 aromatic rings. The highest BCUT2D eigenvalue weighted by atomic mass is 35.5. The lowest BCUT2D eigenvalue weighted by molar-refractivity contribution is -0.143. The highest BCUT2D eigenvalue weighted by Crippen LogP contribution is 2.52. The lowest BCUT2D eigenvalue weighted by Crippen LogP contribution is -2.49. The van der Waals surface area contributed by atoms with Crippen molar-refractivity contribution in [2.24, 2.45) is 5.41 Å². The molecule has 0 bridgehead atoms. The molecule has 1 saturated heterocycles. The van der Waals surface area contributed by atoms with Crippen LogP contribution in [0, 0.1) is 11.2 Å². The molecule has 0 radical (unpaired) electrons. The molecule has 6 nitrogen and oxygen atoms in total. The van der Waals surface area contributed by atoms with E-state index in [1.165, 1.54) is 12.1 Å². The van der Waals surface area contributed by atoms with Crippen molar-refractivity contribution in [1.82, 2.24) is 10.2 Å². The van der Waals surface area contributed by atoms with Crippen molar-refractivity contribution in [3.8, 4) is 11.1 Å².